The van der Waals surface area contributed by atoms with E-state index in [4.69, 9.17) is 0 Å². The second kappa shape index (κ2) is 5.55. The largest absolute Gasteiger partial charge is 0.431 e. The number of carbonyl (C=O) groups excluding carboxylic acids is 1. The Kier molecular flexibility index (Phi) is 3.97. The molecule has 8 heteroatoms. The average Bonchev–Trinajstić information content (AvgIpc) is 2.56. The first-order valence-electron chi connectivity index (χ1n) is 5.73. The van der Waals surface area contributed by atoms with Crippen molar-refractivity contribution in [2.75, 3.05) is 10.6 Å². The summed E-state index contributed by atoms with van der Waals surface area (Å²) in [4.78, 5) is 11.0. The second-order valence-electron chi connectivity index (χ2n) is 4.15. The Morgan fingerprint density at radius 1 is 1.10 bits per heavy atom. The normalized spacial score (nSPS) is 16.7. The number of fused-ring (bicyclic) bond motifs is 1. The molecule has 0 amide bonds. The molecule has 0 atom stereocenters. The van der Waals surface area contributed by atoms with Crippen LogP contribution in [0.1, 0.15) is 0 Å². The lowest BCUT2D eigenvalue weighted by molar-refractivity contribution is -0.124. The molecule has 0 aliphatic carbocycles. The quantitative estimate of drug-likeness (QED) is 0.647. The van der Waals surface area contributed by atoms with Crippen LogP contribution in [0.25, 0.3) is 0 Å². The highest BCUT2D eigenvalue weighted by molar-refractivity contribution is 5.94. The smallest absolute Gasteiger partial charge is 0.354 e. The van der Waals surface area contributed by atoms with Crippen molar-refractivity contribution >= 4 is 17.2 Å². The summed E-state index contributed by atoms with van der Waals surface area (Å²) in [6.07, 6.45) is -6.99. The van der Waals surface area contributed by atoms with Gasteiger partial charge in [0.2, 0.25) is 5.78 Å². The van der Waals surface area contributed by atoms with Gasteiger partial charge in [-0.1, -0.05) is 12.1 Å². The highest BCUT2D eigenvalue weighted by atomic mass is 19.4. The van der Waals surface area contributed by atoms with Gasteiger partial charge in [0.05, 0.1) is 11.4 Å². The Balaban J connectivity index is 2.48. The van der Waals surface area contributed by atoms with Gasteiger partial charge in [0.1, 0.15) is 5.70 Å². The molecule has 1 aliphatic heterocycles. The first-order chi connectivity index (χ1) is 9.77. The van der Waals surface area contributed by atoms with Crippen LogP contribution in [0.15, 0.2) is 47.8 Å². The molecule has 3 nitrogen and oxygen atoms in total. The Hall–Kier alpha value is -2.38. The summed E-state index contributed by atoms with van der Waals surface area (Å²) in [5, 5.41) is 4.68. The van der Waals surface area contributed by atoms with E-state index in [1.54, 1.807) is 6.07 Å². The van der Waals surface area contributed by atoms with E-state index in [0.29, 0.717) is 12.2 Å². The van der Waals surface area contributed by atoms with Gasteiger partial charge < -0.3 is 10.6 Å². The van der Waals surface area contributed by atoms with Crippen molar-refractivity contribution in [2.45, 2.75) is 12.6 Å². The van der Waals surface area contributed by atoms with E-state index in [9.17, 15) is 26.7 Å². The number of alkyl halides is 5. The molecule has 0 radical (unpaired) electrons. The van der Waals surface area contributed by atoms with Crippen molar-refractivity contribution in [1.82, 2.24) is 0 Å². The van der Waals surface area contributed by atoms with Crippen LogP contribution in [0, 0.1) is 0 Å². The van der Waals surface area contributed by atoms with Crippen LogP contribution in [-0.4, -0.2) is 18.4 Å². The first-order valence-corrected chi connectivity index (χ1v) is 5.73. The number of benzene rings is 1. The maximum atomic E-state index is 12.9. The Bertz CT molecular complexity index is 619. The van der Waals surface area contributed by atoms with Gasteiger partial charge in [-0.3, -0.25) is 4.79 Å². The summed E-state index contributed by atoms with van der Waals surface area (Å²) in [7, 11) is 0. The van der Waals surface area contributed by atoms with Gasteiger partial charge in [-0.2, -0.15) is 13.2 Å². The zero-order valence-corrected chi connectivity index (χ0v) is 10.3. The van der Waals surface area contributed by atoms with Crippen molar-refractivity contribution < 1.29 is 26.7 Å². The Labute approximate surface area is 116 Å². The van der Waals surface area contributed by atoms with Crippen LogP contribution in [0.5, 0.6) is 0 Å². The fourth-order valence-electron chi connectivity index (χ4n) is 1.68. The Morgan fingerprint density at radius 3 is 2.19 bits per heavy atom. The molecule has 0 unspecified atom stereocenters. The number of allylic oxidation sites excluding steroid dienone is 3. The summed E-state index contributed by atoms with van der Waals surface area (Å²) in [5.74, 6) is -1.57. The van der Waals surface area contributed by atoms with Crippen molar-refractivity contribution in [3.8, 4) is 0 Å². The van der Waals surface area contributed by atoms with E-state index in [2.05, 4.69) is 10.6 Å². The van der Waals surface area contributed by atoms with Crippen molar-refractivity contribution in [2.24, 2.45) is 0 Å². The SMILES string of the molecule is O=C(/C=C1/C=C(C(F)(F)F)Nc2ccccc2N1)C(F)F. The van der Waals surface area contributed by atoms with Gasteiger partial charge in [-0.05, 0) is 18.2 Å². The number of para-hydroxylation sites is 2. The number of hydrogen-bond acceptors (Lipinski definition) is 3. The van der Waals surface area contributed by atoms with E-state index in [0.717, 1.165) is 0 Å². The number of nitrogens with one attached hydrogen (secondary N) is 2. The molecule has 1 aromatic rings. The van der Waals surface area contributed by atoms with Gasteiger partial charge in [0.15, 0.2) is 0 Å². The van der Waals surface area contributed by atoms with Gasteiger partial charge >= 0.3 is 6.18 Å². The molecule has 0 spiro atoms. The summed E-state index contributed by atoms with van der Waals surface area (Å²) in [6, 6.07) is 5.91. The van der Waals surface area contributed by atoms with Crippen LogP contribution in [0.3, 0.4) is 0 Å². The van der Waals surface area contributed by atoms with E-state index in [-0.39, 0.29) is 17.1 Å². The molecular weight excluding hydrogens is 295 g/mol. The average molecular weight is 304 g/mol. The van der Waals surface area contributed by atoms with Crippen LogP contribution in [-0.2, 0) is 4.79 Å². The third kappa shape index (κ3) is 3.59. The number of carbonyl (C=O) groups is 1. The fourth-order valence-corrected chi connectivity index (χ4v) is 1.68. The van der Waals surface area contributed by atoms with Crippen molar-refractivity contribution in [3.63, 3.8) is 0 Å². The molecule has 2 rings (SSSR count). The van der Waals surface area contributed by atoms with Crippen LogP contribution in [0.4, 0.5) is 33.3 Å². The minimum Gasteiger partial charge on any atom is -0.354 e. The predicted octanol–water partition coefficient (Wildman–Crippen LogP) is 3.69. The number of rotatable bonds is 2. The molecule has 1 aromatic carbocycles. The van der Waals surface area contributed by atoms with Crippen molar-refractivity contribution in [1.29, 1.82) is 0 Å². The molecule has 0 fully saturated rings. The fraction of sp³-hybridized carbons (Fsp3) is 0.154. The number of halogens is 5. The summed E-state index contributed by atoms with van der Waals surface area (Å²) in [5.41, 5.74) is -1.17. The van der Waals surface area contributed by atoms with Gasteiger partial charge in [-0.15, -0.1) is 0 Å². The number of ketones is 1. The maximum Gasteiger partial charge on any atom is 0.431 e. The minimum atomic E-state index is -4.72. The molecule has 1 aliphatic rings. The lowest BCUT2D eigenvalue weighted by Gasteiger charge is -2.13. The molecule has 0 saturated carbocycles. The van der Waals surface area contributed by atoms with E-state index < -0.39 is 24.1 Å². The molecule has 0 saturated heterocycles. The highest BCUT2D eigenvalue weighted by Crippen LogP contribution is 2.34. The van der Waals surface area contributed by atoms with Gasteiger partial charge in [-0.25, -0.2) is 8.78 Å². The van der Waals surface area contributed by atoms with E-state index in [1.807, 2.05) is 0 Å². The summed E-state index contributed by atoms with van der Waals surface area (Å²) in [6.45, 7) is 0. The van der Waals surface area contributed by atoms with Gasteiger partial charge in [0.25, 0.3) is 6.43 Å². The molecular formula is C13H9F5N2O. The van der Waals surface area contributed by atoms with Gasteiger partial charge in [0, 0.05) is 11.8 Å². The van der Waals surface area contributed by atoms with Crippen LogP contribution >= 0.6 is 0 Å². The second-order valence-corrected chi connectivity index (χ2v) is 4.15. The standard InChI is InChI=1S/C13H9F5N2O/c14-12(15)10(21)5-7-6-11(13(16,17)18)20-9-4-2-1-3-8(9)19-7/h1-6,12,19-20H/b7-5-. The minimum absolute atomic E-state index is 0.119. The third-order valence-corrected chi connectivity index (χ3v) is 2.59. The molecule has 2 N–H and O–H groups in total. The monoisotopic (exact) mass is 304 g/mol. The molecule has 1 heterocycles. The van der Waals surface area contributed by atoms with E-state index >= 15 is 0 Å². The predicted molar refractivity (Wildman–Crippen MR) is 66.9 cm³/mol. The maximum absolute atomic E-state index is 12.9. The van der Waals surface area contributed by atoms with Crippen LogP contribution < -0.4 is 10.6 Å². The van der Waals surface area contributed by atoms with E-state index in [1.165, 1.54) is 18.2 Å². The summed E-state index contributed by atoms with van der Waals surface area (Å²) >= 11 is 0. The molecule has 0 aromatic heterocycles. The molecule has 21 heavy (non-hydrogen) atoms. The number of anilines is 2. The molecule has 112 valence electrons. The first kappa shape index (κ1) is 15.0. The van der Waals surface area contributed by atoms with Crippen LogP contribution in [0.2, 0.25) is 0 Å². The zero-order chi connectivity index (χ0) is 15.6. The lowest BCUT2D eigenvalue weighted by atomic mass is 10.2. The summed E-state index contributed by atoms with van der Waals surface area (Å²) < 4.78 is 63.1. The Morgan fingerprint density at radius 2 is 1.67 bits per heavy atom. The third-order valence-electron chi connectivity index (χ3n) is 2.59. The molecule has 0 bridgehead atoms. The highest BCUT2D eigenvalue weighted by Gasteiger charge is 2.35. The zero-order valence-electron chi connectivity index (χ0n) is 10.3. The lowest BCUT2D eigenvalue weighted by Crippen LogP contribution is -2.18. The topological polar surface area (TPSA) is 41.1 Å². The van der Waals surface area contributed by atoms with Crippen molar-refractivity contribution in [3.05, 3.63) is 47.8 Å². The number of hydrogen-bond donors (Lipinski definition) is 2.